The molecule has 1 saturated carbocycles. The van der Waals surface area contributed by atoms with E-state index in [0.29, 0.717) is 13.1 Å². The molecular weight excluding hydrogens is 323 g/mol. The van der Waals surface area contributed by atoms with Crippen molar-refractivity contribution >= 4 is 15.9 Å². The third-order valence-corrected chi connectivity index (χ3v) is 6.13. The Morgan fingerprint density at radius 2 is 1.87 bits per heavy atom. The summed E-state index contributed by atoms with van der Waals surface area (Å²) in [5.74, 6) is -0.452. The Morgan fingerprint density at radius 3 is 2.39 bits per heavy atom. The lowest BCUT2D eigenvalue weighted by Gasteiger charge is -2.34. The summed E-state index contributed by atoms with van der Waals surface area (Å²) in [6.07, 6.45) is 1.87. The van der Waals surface area contributed by atoms with E-state index in [1.54, 1.807) is 4.90 Å². The van der Waals surface area contributed by atoms with Crippen LogP contribution in [-0.4, -0.2) is 56.8 Å². The molecule has 0 unspecified atom stereocenters. The summed E-state index contributed by atoms with van der Waals surface area (Å²) in [7, 11) is -2.44. The normalized spacial score (nSPS) is 19.7. The van der Waals surface area contributed by atoms with E-state index in [-0.39, 0.29) is 35.6 Å². The maximum absolute atomic E-state index is 13.8. The fraction of sp³-hybridized carbons (Fsp3) is 0.533. The van der Waals surface area contributed by atoms with Crippen molar-refractivity contribution in [3.8, 4) is 5.75 Å². The minimum atomic E-state index is -3.76. The number of sulfonamides is 1. The predicted molar refractivity (Wildman–Crippen MR) is 81.0 cm³/mol. The first-order valence-electron chi connectivity index (χ1n) is 7.56. The minimum Gasteiger partial charge on any atom is -0.494 e. The van der Waals surface area contributed by atoms with Gasteiger partial charge in [0.15, 0.2) is 11.6 Å². The molecule has 0 N–H and O–H groups in total. The van der Waals surface area contributed by atoms with Crippen LogP contribution in [0.2, 0.25) is 0 Å². The molecule has 0 bridgehead atoms. The molecule has 126 valence electrons. The highest BCUT2D eigenvalue weighted by molar-refractivity contribution is 7.89. The number of amides is 1. The van der Waals surface area contributed by atoms with E-state index in [4.69, 9.17) is 4.74 Å². The molecule has 0 radical (unpaired) electrons. The lowest BCUT2D eigenvalue weighted by molar-refractivity contribution is -0.133. The molecule has 6 nitrogen and oxygen atoms in total. The SMILES string of the molecule is COc1ccc(S(=O)(=O)N2CCN(C(=O)C3CC3)CC2)cc1F. The lowest BCUT2D eigenvalue weighted by Crippen LogP contribution is -2.50. The fourth-order valence-electron chi connectivity index (χ4n) is 2.69. The molecule has 3 rings (SSSR count). The second-order valence-electron chi connectivity index (χ2n) is 5.80. The molecule has 2 aliphatic rings. The van der Waals surface area contributed by atoms with Gasteiger partial charge in [-0.3, -0.25) is 4.79 Å². The monoisotopic (exact) mass is 342 g/mol. The maximum Gasteiger partial charge on any atom is 0.243 e. The lowest BCUT2D eigenvalue weighted by atomic mass is 10.3. The second-order valence-corrected chi connectivity index (χ2v) is 7.74. The Morgan fingerprint density at radius 1 is 1.22 bits per heavy atom. The number of halogens is 1. The summed E-state index contributed by atoms with van der Waals surface area (Å²) in [5.41, 5.74) is 0. The van der Waals surface area contributed by atoms with E-state index < -0.39 is 15.8 Å². The van der Waals surface area contributed by atoms with Crippen LogP contribution in [0.3, 0.4) is 0 Å². The molecule has 1 aromatic carbocycles. The van der Waals surface area contributed by atoms with Gasteiger partial charge in [-0.05, 0) is 31.0 Å². The van der Waals surface area contributed by atoms with Gasteiger partial charge in [-0.2, -0.15) is 4.31 Å². The van der Waals surface area contributed by atoms with E-state index in [1.165, 1.54) is 23.5 Å². The summed E-state index contributed by atoms with van der Waals surface area (Å²) >= 11 is 0. The number of carbonyl (C=O) groups is 1. The number of ether oxygens (including phenoxy) is 1. The number of hydrogen-bond acceptors (Lipinski definition) is 4. The van der Waals surface area contributed by atoms with Crippen LogP contribution < -0.4 is 4.74 Å². The van der Waals surface area contributed by atoms with Crippen LogP contribution in [0.1, 0.15) is 12.8 Å². The van der Waals surface area contributed by atoms with Gasteiger partial charge in [-0.1, -0.05) is 0 Å². The van der Waals surface area contributed by atoms with Crippen molar-refractivity contribution in [1.29, 1.82) is 0 Å². The molecule has 1 aliphatic carbocycles. The number of benzene rings is 1. The largest absolute Gasteiger partial charge is 0.494 e. The van der Waals surface area contributed by atoms with Crippen LogP contribution >= 0.6 is 0 Å². The molecule has 1 amide bonds. The van der Waals surface area contributed by atoms with Crippen molar-refractivity contribution in [3.05, 3.63) is 24.0 Å². The summed E-state index contributed by atoms with van der Waals surface area (Å²) in [6.45, 7) is 1.23. The van der Waals surface area contributed by atoms with Crippen molar-refractivity contribution in [2.75, 3.05) is 33.3 Å². The molecule has 0 aromatic heterocycles. The summed E-state index contributed by atoms with van der Waals surface area (Å²) in [6, 6.07) is 3.60. The Kier molecular flexibility index (Phi) is 4.29. The van der Waals surface area contributed by atoms with Gasteiger partial charge >= 0.3 is 0 Å². The molecule has 0 spiro atoms. The highest BCUT2D eigenvalue weighted by atomic mass is 32.2. The average molecular weight is 342 g/mol. The molecular formula is C15H19FN2O4S. The number of methoxy groups -OCH3 is 1. The van der Waals surface area contributed by atoms with Gasteiger partial charge in [-0.15, -0.1) is 0 Å². The Labute approximate surface area is 134 Å². The first kappa shape index (κ1) is 16.2. The van der Waals surface area contributed by atoms with Gasteiger partial charge in [0, 0.05) is 32.1 Å². The predicted octanol–water partition coefficient (Wildman–Crippen LogP) is 1.08. The number of rotatable bonds is 4. The van der Waals surface area contributed by atoms with E-state index in [0.717, 1.165) is 18.9 Å². The molecule has 1 aromatic rings. The zero-order valence-electron chi connectivity index (χ0n) is 12.9. The van der Waals surface area contributed by atoms with E-state index in [9.17, 15) is 17.6 Å². The highest BCUT2D eigenvalue weighted by Crippen LogP contribution is 2.31. The average Bonchev–Trinajstić information content (AvgIpc) is 3.39. The molecule has 1 saturated heterocycles. The van der Waals surface area contributed by atoms with Crippen LogP contribution in [0, 0.1) is 11.7 Å². The van der Waals surface area contributed by atoms with Crippen molar-refractivity contribution < 1.29 is 22.3 Å². The molecule has 23 heavy (non-hydrogen) atoms. The number of carbonyl (C=O) groups excluding carboxylic acids is 1. The molecule has 1 aliphatic heterocycles. The van der Waals surface area contributed by atoms with Crippen LogP contribution in [0.25, 0.3) is 0 Å². The van der Waals surface area contributed by atoms with Crippen LogP contribution in [-0.2, 0) is 14.8 Å². The van der Waals surface area contributed by atoms with Crippen molar-refractivity contribution in [1.82, 2.24) is 9.21 Å². The van der Waals surface area contributed by atoms with Gasteiger partial charge in [-0.25, -0.2) is 12.8 Å². The zero-order valence-corrected chi connectivity index (χ0v) is 13.7. The second kappa shape index (κ2) is 6.09. The van der Waals surface area contributed by atoms with E-state index in [1.807, 2.05) is 0 Å². The smallest absolute Gasteiger partial charge is 0.243 e. The van der Waals surface area contributed by atoms with Gasteiger partial charge in [0.2, 0.25) is 15.9 Å². The standard InChI is InChI=1S/C15H19FN2O4S/c1-22-14-5-4-12(10-13(14)16)23(20,21)18-8-6-17(7-9-18)15(19)11-2-3-11/h4-5,10-11H,2-3,6-9H2,1H3. The van der Waals surface area contributed by atoms with Gasteiger partial charge in [0.05, 0.1) is 12.0 Å². The van der Waals surface area contributed by atoms with Gasteiger partial charge in [0.1, 0.15) is 0 Å². The Balaban J connectivity index is 1.71. The quantitative estimate of drug-likeness (QED) is 0.821. The van der Waals surface area contributed by atoms with Crippen LogP contribution in [0.5, 0.6) is 5.75 Å². The topological polar surface area (TPSA) is 66.9 Å². The summed E-state index contributed by atoms with van der Waals surface area (Å²) < 4.78 is 45.0. The summed E-state index contributed by atoms with van der Waals surface area (Å²) in [4.78, 5) is 13.6. The third kappa shape index (κ3) is 3.18. The van der Waals surface area contributed by atoms with Crippen molar-refractivity contribution in [3.63, 3.8) is 0 Å². The third-order valence-electron chi connectivity index (χ3n) is 4.24. The molecule has 1 heterocycles. The summed E-state index contributed by atoms with van der Waals surface area (Å²) in [5, 5.41) is 0. The van der Waals surface area contributed by atoms with Crippen LogP contribution in [0.15, 0.2) is 23.1 Å². The first-order valence-corrected chi connectivity index (χ1v) is 9.00. The van der Waals surface area contributed by atoms with Crippen molar-refractivity contribution in [2.45, 2.75) is 17.7 Å². The van der Waals surface area contributed by atoms with Crippen LogP contribution in [0.4, 0.5) is 4.39 Å². The van der Waals surface area contributed by atoms with Gasteiger partial charge < -0.3 is 9.64 Å². The number of hydrogen-bond donors (Lipinski definition) is 0. The molecule has 8 heteroatoms. The molecule has 0 atom stereocenters. The maximum atomic E-state index is 13.8. The van der Waals surface area contributed by atoms with Gasteiger partial charge in [0.25, 0.3) is 0 Å². The Hall–Kier alpha value is -1.67. The minimum absolute atomic E-state index is 0.00352. The number of nitrogens with zero attached hydrogens (tertiary/aromatic N) is 2. The fourth-order valence-corrected chi connectivity index (χ4v) is 4.13. The van der Waals surface area contributed by atoms with E-state index >= 15 is 0 Å². The number of piperazine rings is 1. The van der Waals surface area contributed by atoms with E-state index in [2.05, 4.69) is 0 Å². The van der Waals surface area contributed by atoms with Crippen molar-refractivity contribution in [2.24, 2.45) is 5.92 Å². The Bertz CT molecular complexity index is 710. The highest BCUT2D eigenvalue weighted by Gasteiger charge is 2.36. The zero-order chi connectivity index (χ0) is 16.6. The molecule has 2 fully saturated rings. The first-order chi connectivity index (χ1) is 10.9.